The van der Waals surface area contributed by atoms with Gasteiger partial charge >= 0.3 is 17.6 Å². The SMILES string of the molecule is CC(=O)OCCC1(OC(C)=O)CO[C@@]2(n3ccc(=O)[nH]c3=O)C1[C@@H]2F. The third-order valence-corrected chi connectivity index (χ3v) is 4.52. The fraction of sp³-hybridized carbons (Fsp3) is 0.600. The minimum atomic E-state index is -1.65. The van der Waals surface area contributed by atoms with Crippen molar-refractivity contribution in [3.05, 3.63) is 33.1 Å². The fourth-order valence-corrected chi connectivity index (χ4v) is 3.52. The van der Waals surface area contributed by atoms with E-state index in [9.17, 15) is 23.6 Å². The molecule has 0 aromatic carbocycles. The number of carbonyl (C=O) groups is 2. The smallest absolute Gasteiger partial charge is 0.330 e. The Bertz CT molecular complexity index is 834. The van der Waals surface area contributed by atoms with Gasteiger partial charge in [-0.25, -0.2) is 9.18 Å². The van der Waals surface area contributed by atoms with E-state index in [1.165, 1.54) is 13.8 Å². The second-order valence-corrected chi connectivity index (χ2v) is 6.15. The normalized spacial score (nSPS) is 32.8. The van der Waals surface area contributed by atoms with Crippen molar-refractivity contribution in [2.45, 2.75) is 37.8 Å². The lowest BCUT2D eigenvalue weighted by atomic mass is 9.95. The molecule has 1 aromatic heterocycles. The third-order valence-electron chi connectivity index (χ3n) is 4.52. The van der Waals surface area contributed by atoms with E-state index in [0.29, 0.717) is 0 Å². The van der Waals surface area contributed by atoms with E-state index in [2.05, 4.69) is 0 Å². The van der Waals surface area contributed by atoms with Crippen LogP contribution in [0.2, 0.25) is 0 Å². The molecular formula is C15H17FN2O7. The van der Waals surface area contributed by atoms with Crippen LogP contribution >= 0.6 is 0 Å². The summed E-state index contributed by atoms with van der Waals surface area (Å²) in [6.07, 6.45) is -0.456. The standard InChI is InChI=1S/C15H17FN2O7/c1-8(19)23-6-4-14(25-9(2)20)7-24-15(11(14)12(15)16)18-5-3-10(21)17-13(18)22/h3,5,11-12H,4,6-7H2,1-2H3,(H,17,21,22)/t11?,12-,14?,15-/m0/s1. The highest BCUT2D eigenvalue weighted by molar-refractivity contribution is 5.67. The van der Waals surface area contributed by atoms with Crippen LogP contribution in [0.4, 0.5) is 4.39 Å². The van der Waals surface area contributed by atoms with Crippen molar-refractivity contribution in [3.63, 3.8) is 0 Å². The van der Waals surface area contributed by atoms with E-state index in [0.717, 1.165) is 16.8 Å². The number of hydrogen-bond donors (Lipinski definition) is 1. The fourth-order valence-electron chi connectivity index (χ4n) is 3.52. The first-order chi connectivity index (χ1) is 11.7. The zero-order chi connectivity index (χ0) is 18.4. The molecule has 3 rings (SSSR count). The topological polar surface area (TPSA) is 117 Å². The molecule has 1 saturated heterocycles. The van der Waals surface area contributed by atoms with Crippen molar-refractivity contribution < 1.29 is 28.2 Å². The Morgan fingerprint density at radius 2 is 2.12 bits per heavy atom. The number of nitrogens with zero attached hydrogens (tertiary/aromatic N) is 1. The first-order valence-electron chi connectivity index (χ1n) is 7.66. The van der Waals surface area contributed by atoms with Crippen molar-refractivity contribution in [1.29, 1.82) is 0 Å². The molecule has 1 saturated carbocycles. The quantitative estimate of drug-likeness (QED) is 0.703. The summed E-state index contributed by atoms with van der Waals surface area (Å²) in [6.45, 7) is 2.15. The molecule has 25 heavy (non-hydrogen) atoms. The van der Waals surface area contributed by atoms with Crippen LogP contribution in [0.1, 0.15) is 20.3 Å². The molecule has 0 bridgehead atoms. The molecule has 2 fully saturated rings. The Balaban J connectivity index is 1.93. The maximum atomic E-state index is 14.7. The molecule has 0 radical (unpaired) electrons. The van der Waals surface area contributed by atoms with Gasteiger partial charge in [0.2, 0.25) is 0 Å². The Morgan fingerprint density at radius 3 is 2.68 bits per heavy atom. The number of carbonyl (C=O) groups excluding carboxylic acids is 2. The number of H-pyrrole nitrogens is 1. The molecule has 10 heteroatoms. The number of fused-ring (bicyclic) bond motifs is 1. The minimum absolute atomic E-state index is 0.0249. The van der Waals surface area contributed by atoms with E-state index in [-0.39, 0.29) is 19.6 Å². The van der Waals surface area contributed by atoms with Gasteiger partial charge in [0.05, 0.1) is 19.1 Å². The van der Waals surface area contributed by atoms with Crippen molar-refractivity contribution in [2.24, 2.45) is 5.92 Å². The Kier molecular flexibility index (Phi) is 4.02. The summed E-state index contributed by atoms with van der Waals surface area (Å²) in [5, 5.41) is 0. The Labute approximate surface area is 140 Å². The molecule has 2 heterocycles. The number of ether oxygens (including phenoxy) is 3. The highest BCUT2D eigenvalue weighted by atomic mass is 19.1. The van der Waals surface area contributed by atoms with Gasteiger partial charge < -0.3 is 14.2 Å². The van der Waals surface area contributed by atoms with Gasteiger partial charge in [-0.1, -0.05) is 0 Å². The highest BCUT2D eigenvalue weighted by Crippen LogP contribution is 2.65. The number of nitrogens with one attached hydrogen (secondary N) is 1. The first kappa shape index (κ1) is 17.3. The summed E-state index contributed by atoms with van der Waals surface area (Å²) in [4.78, 5) is 47.7. The molecule has 1 N–H and O–H groups in total. The Hall–Kier alpha value is -2.49. The van der Waals surface area contributed by atoms with Gasteiger partial charge in [0, 0.05) is 32.5 Å². The molecule has 136 valence electrons. The summed E-state index contributed by atoms with van der Waals surface area (Å²) in [7, 11) is 0. The van der Waals surface area contributed by atoms with Gasteiger partial charge in [0.1, 0.15) is 5.60 Å². The molecule has 1 aliphatic heterocycles. The van der Waals surface area contributed by atoms with Crippen LogP contribution in [0, 0.1) is 5.92 Å². The van der Waals surface area contributed by atoms with E-state index in [1.54, 1.807) is 0 Å². The number of esters is 2. The number of aromatic amines is 1. The number of alkyl halides is 1. The average Bonchev–Trinajstić information content (AvgIpc) is 2.94. The monoisotopic (exact) mass is 356 g/mol. The van der Waals surface area contributed by atoms with E-state index in [4.69, 9.17) is 14.2 Å². The van der Waals surface area contributed by atoms with E-state index in [1.807, 2.05) is 4.98 Å². The molecule has 1 aliphatic carbocycles. The van der Waals surface area contributed by atoms with Crippen LogP contribution in [-0.2, 0) is 29.5 Å². The summed E-state index contributed by atoms with van der Waals surface area (Å²) in [5.41, 5.74) is -4.45. The lowest BCUT2D eigenvalue weighted by Gasteiger charge is -2.28. The lowest BCUT2D eigenvalue weighted by molar-refractivity contribution is -0.166. The van der Waals surface area contributed by atoms with Crippen molar-refractivity contribution in [3.8, 4) is 0 Å². The largest absolute Gasteiger partial charge is 0.466 e. The average molecular weight is 356 g/mol. The molecule has 2 unspecified atom stereocenters. The summed E-state index contributed by atoms with van der Waals surface area (Å²) in [6, 6.07) is 1.08. The molecular weight excluding hydrogens is 339 g/mol. The number of halogens is 1. The molecule has 0 amide bonds. The maximum Gasteiger partial charge on any atom is 0.330 e. The number of hydrogen-bond acceptors (Lipinski definition) is 7. The van der Waals surface area contributed by atoms with Crippen LogP contribution in [0.5, 0.6) is 0 Å². The van der Waals surface area contributed by atoms with Gasteiger partial charge in [0.25, 0.3) is 5.56 Å². The highest BCUT2D eigenvalue weighted by Gasteiger charge is 2.82. The first-order valence-corrected chi connectivity index (χ1v) is 7.66. The summed E-state index contributed by atoms with van der Waals surface area (Å²) < 4.78 is 31.4. The second kappa shape index (κ2) is 5.80. The van der Waals surface area contributed by atoms with Gasteiger partial charge in [0.15, 0.2) is 11.9 Å². The minimum Gasteiger partial charge on any atom is -0.466 e. The Morgan fingerprint density at radius 1 is 1.40 bits per heavy atom. The predicted molar refractivity (Wildman–Crippen MR) is 79.4 cm³/mol. The molecule has 0 spiro atoms. The van der Waals surface area contributed by atoms with Crippen LogP contribution in [0.25, 0.3) is 0 Å². The van der Waals surface area contributed by atoms with E-state index < -0.39 is 46.6 Å². The van der Waals surface area contributed by atoms with Crippen molar-refractivity contribution >= 4 is 11.9 Å². The van der Waals surface area contributed by atoms with Gasteiger partial charge in [-0.2, -0.15) is 0 Å². The molecule has 4 atom stereocenters. The van der Waals surface area contributed by atoms with Crippen molar-refractivity contribution in [1.82, 2.24) is 9.55 Å². The van der Waals surface area contributed by atoms with Gasteiger partial charge in [-0.05, 0) is 0 Å². The number of aromatic nitrogens is 2. The number of rotatable bonds is 5. The predicted octanol–water partition coefficient (Wildman–Crippen LogP) is -0.557. The molecule has 2 aliphatic rings. The summed E-state index contributed by atoms with van der Waals surface area (Å²) in [5.74, 6) is -2.12. The zero-order valence-corrected chi connectivity index (χ0v) is 13.6. The summed E-state index contributed by atoms with van der Waals surface area (Å²) >= 11 is 0. The van der Waals surface area contributed by atoms with Crippen LogP contribution < -0.4 is 11.2 Å². The van der Waals surface area contributed by atoms with Crippen LogP contribution in [0.3, 0.4) is 0 Å². The van der Waals surface area contributed by atoms with Crippen molar-refractivity contribution in [2.75, 3.05) is 13.2 Å². The molecule has 9 nitrogen and oxygen atoms in total. The second-order valence-electron chi connectivity index (χ2n) is 6.15. The van der Waals surface area contributed by atoms with Gasteiger partial charge in [-0.3, -0.25) is 23.9 Å². The van der Waals surface area contributed by atoms with E-state index >= 15 is 0 Å². The maximum absolute atomic E-state index is 14.7. The van der Waals surface area contributed by atoms with Crippen LogP contribution in [0.15, 0.2) is 21.9 Å². The van der Waals surface area contributed by atoms with Gasteiger partial charge in [-0.15, -0.1) is 0 Å². The lowest BCUT2D eigenvalue weighted by Crippen LogP contribution is -2.41. The zero-order valence-electron chi connectivity index (χ0n) is 13.6. The molecule has 1 aromatic rings. The van der Waals surface area contributed by atoms with Crippen LogP contribution in [-0.4, -0.2) is 46.5 Å². The third kappa shape index (κ3) is 2.66.